The van der Waals surface area contributed by atoms with E-state index in [9.17, 15) is 14.3 Å². The summed E-state index contributed by atoms with van der Waals surface area (Å²) in [5.74, 6) is -1.12. The molecule has 2 rings (SSSR count). The van der Waals surface area contributed by atoms with Gasteiger partial charge in [0.1, 0.15) is 0 Å². The van der Waals surface area contributed by atoms with E-state index in [4.69, 9.17) is 4.74 Å². The first-order chi connectivity index (χ1) is 9.92. The lowest BCUT2D eigenvalue weighted by Gasteiger charge is -2.35. The van der Waals surface area contributed by atoms with Crippen LogP contribution in [0.5, 0.6) is 5.75 Å². The second kappa shape index (κ2) is 6.04. The third kappa shape index (κ3) is 2.76. The summed E-state index contributed by atoms with van der Waals surface area (Å²) in [4.78, 5) is 12.0. The molecule has 1 saturated carbocycles. The second-order valence-corrected chi connectivity index (χ2v) is 6.19. The molecule has 1 aromatic carbocycles. The summed E-state index contributed by atoms with van der Waals surface area (Å²) in [6.45, 7) is 3.94. The van der Waals surface area contributed by atoms with Gasteiger partial charge in [-0.15, -0.1) is 0 Å². The number of hydrogen-bond donors (Lipinski definition) is 1. The van der Waals surface area contributed by atoms with Crippen molar-refractivity contribution in [3.8, 4) is 5.75 Å². The molecule has 0 saturated heterocycles. The predicted molar refractivity (Wildman–Crippen MR) is 79.4 cm³/mol. The minimum atomic E-state index is -1.02. The zero-order valence-electron chi connectivity index (χ0n) is 12.9. The van der Waals surface area contributed by atoms with Gasteiger partial charge < -0.3 is 9.84 Å². The van der Waals surface area contributed by atoms with E-state index >= 15 is 0 Å². The van der Waals surface area contributed by atoms with Gasteiger partial charge in [-0.2, -0.15) is 0 Å². The number of hydrogen-bond acceptors (Lipinski definition) is 2. The standard InChI is InChI=1S/C17H23FO3/c1-11(2)12-9-13(15(21-3)14(18)10-12)17(16(19)20)7-5-4-6-8-17/h9-11H,4-8H2,1-3H3,(H,19,20). The number of benzene rings is 1. The number of carbonyl (C=O) groups is 1. The van der Waals surface area contributed by atoms with Crippen LogP contribution in [0.15, 0.2) is 12.1 Å². The van der Waals surface area contributed by atoms with Crippen LogP contribution in [-0.4, -0.2) is 18.2 Å². The number of methoxy groups -OCH3 is 1. The number of ether oxygens (including phenoxy) is 1. The molecule has 1 aliphatic rings. The summed E-state index contributed by atoms with van der Waals surface area (Å²) in [5.41, 5.74) is 0.297. The van der Waals surface area contributed by atoms with Crippen LogP contribution < -0.4 is 4.74 Å². The van der Waals surface area contributed by atoms with Crippen molar-refractivity contribution >= 4 is 5.97 Å². The van der Waals surface area contributed by atoms with E-state index in [1.807, 2.05) is 19.9 Å². The molecule has 21 heavy (non-hydrogen) atoms. The van der Waals surface area contributed by atoms with Gasteiger partial charge in [-0.1, -0.05) is 39.2 Å². The average molecular weight is 294 g/mol. The first-order valence-electron chi connectivity index (χ1n) is 7.53. The van der Waals surface area contributed by atoms with Crippen molar-refractivity contribution in [1.82, 2.24) is 0 Å². The Balaban J connectivity index is 2.65. The Morgan fingerprint density at radius 1 is 1.29 bits per heavy atom. The van der Waals surface area contributed by atoms with E-state index in [0.29, 0.717) is 18.4 Å². The molecule has 0 radical (unpaired) electrons. The van der Waals surface area contributed by atoms with E-state index in [2.05, 4.69) is 0 Å². The molecular formula is C17H23FO3. The molecule has 0 heterocycles. The van der Waals surface area contributed by atoms with Crippen molar-refractivity contribution in [2.75, 3.05) is 7.11 Å². The molecule has 116 valence electrons. The third-order valence-corrected chi connectivity index (χ3v) is 4.57. The Morgan fingerprint density at radius 2 is 1.90 bits per heavy atom. The first-order valence-corrected chi connectivity index (χ1v) is 7.53. The average Bonchev–Trinajstić information content (AvgIpc) is 2.46. The maximum absolute atomic E-state index is 14.3. The molecule has 0 atom stereocenters. The zero-order valence-corrected chi connectivity index (χ0v) is 12.9. The van der Waals surface area contributed by atoms with Crippen LogP contribution in [0.25, 0.3) is 0 Å². The molecule has 0 unspecified atom stereocenters. The van der Waals surface area contributed by atoms with Crippen LogP contribution in [0.3, 0.4) is 0 Å². The SMILES string of the molecule is COc1c(F)cc(C(C)C)cc1C1(C(=O)O)CCCCC1. The van der Waals surface area contributed by atoms with Crippen molar-refractivity contribution < 1.29 is 19.0 Å². The fourth-order valence-electron chi connectivity index (χ4n) is 3.26. The summed E-state index contributed by atoms with van der Waals surface area (Å²) in [6, 6.07) is 3.28. The molecule has 3 nitrogen and oxygen atoms in total. The Bertz CT molecular complexity index is 531. The van der Waals surface area contributed by atoms with Gasteiger partial charge in [0.2, 0.25) is 0 Å². The van der Waals surface area contributed by atoms with Gasteiger partial charge in [0.25, 0.3) is 0 Å². The molecule has 0 amide bonds. The van der Waals surface area contributed by atoms with Crippen molar-refractivity contribution in [2.24, 2.45) is 0 Å². The van der Waals surface area contributed by atoms with Gasteiger partial charge in [0, 0.05) is 5.56 Å². The number of rotatable bonds is 4. The van der Waals surface area contributed by atoms with Crippen LogP contribution in [0.4, 0.5) is 4.39 Å². The lowest BCUT2D eigenvalue weighted by molar-refractivity contribution is -0.145. The van der Waals surface area contributed by atoms with Crippen molar-refractivity contribution in [2.45, 2.75) is 57.3 Å². The molecule has 1 fully saturated rings. The van der Waals surface area contributed by atoms with Crippen molar-refractivity contribution in [3.63, 3.8) is 0 Å². The topological polar surface area (TPSA) is 46.5 Å². The van der Waals surface area contributed by atoms with Crippen LogP contribution in [-0.2, 0) is 10.2 Å². The monoisotopic (exact) mass is 294 g/mol. The van der Waals surface area contributed by atoms with Gasteiger partial charge in [0.15, 0.2) is 11.6 Å². The van der Waals surface area contributed by atoms with Crippen LogP contribution >= 0.6 is 0 Å². The van der Waals surface area contributed by atoms with Gasteiger partial charge in [0.05, 0.1) is 12.5 Å². The smallest absolute Gasteiger partial charge is 0.314 e. The summed E-state index contributed by atoms with van der Waals surface area (Å²) in [6.07, 6.45) is 3.81. The van der Waals surface area contributed by atoms with Crippen molar-refractivity contribution in [3.05, 3.63) is 29.1 Å². The summed E-state index contributed by atoms with van der Waals surface area (Å²) < 4.78 is 19.5. The van der Waals surface area contributed by atoms with E-state index in [-0.39, 0.29) is 11.7 Å². The van der Waals surface area contributed by atoms with Crippen molar-refractivity contribution in [1.29, 1.82) is 0 Å². The molecule has 1 N–H and O–H groups in total. The fraction of sp³-hybridized carbons (Fsp3) is 0.588. The van der Waals surface area contributed by atoms with Crippen LogP contribution in [0.2, 0.25) is 0 Å². The summed E-state index contributed by atoms with van der Waals surface area (Å²) in [5, 5.41) is 9.80. The van der Waals surface area contributed by atoms with Gasteiger partial charge in [-0.25, -0.2) is 4.39 Å². The van der Waals surface area contributed by atoms with Crippen LogP contribution in [0.1, 0.15) is 63.0 Å². The number of halogens is 1. The predicted octanol–water partition coefficient (Wildman–Crippen LogP) is 4.24. The Labute approximate surface area is 125 Å². The van der Waals surface area contributed by atoms with Gasteiger partial charge in [-0.3, -0.25) is 4.79 Å². The van der Waals surface area contributed by atoms with Gasteiger partial charge in [-0.05, 0) is 30.4 Å². The number of carboxylic acid groups (broad SMARTS) is 1. The molecular weight excluding hydrogens is 271 g/mol. The molecule has 0 bridgehead atoms. The normalized spacial score (nSPS) is 17.8. The maximum Gasteiger partial charge on any atom is 0.314 e. The fourth-order valence-corrected chi connectivity index (χ4v) is 3.26. The largest absolute Gasteiger partial charge is 0.493 e. The van der Waals surface area contributed by atoms with Crippen LogP contribution in [0, 0.1) is 5.82 Å². The Morgan fingerprint density at radius 3 is 2.38 bits per heavy atom. The Kier molecular flexibility index (Phi) is 4.55. The zero-order chi connectivity index (χ0) is 15.6. The second-order valence-electron chi connectivity index (χ2n) is 6.19. The minimum Gasteiger partial charge on any atom is -0.493 e. The molecule has 0 aliphatic heterocycles. The highest BCUT2D eigenvalue weighted by atomic mass is 19.1. The molecule has 0 spiro atoms. The third-order valence-electron chi connectivity index (χ3n) is 4.57. The lowest BCUT2D eigenvalue weighted by atomic mass is 9.68. The summed E-state index contributed by atoms with van der Waals surface area (Å²) in [7, 11) is 1.40. The molecule has 4 heteroatoms. The Hall–Kier alpha value is -1.58. The molecule has 0 aromatic heterocycles. The molecule has 1 aromatic rings. The number of carboxylic acids is 1. The quantitative estimate of drug-likeness (QED) is 0.903. The van der Waals surface area contributed by atoms with E-state index in [1.165, 1.54) is 13.2 Å². The lowest BCUT2D eigenvalue weighted by Crippen LogP contribution is -2.38. The number of aliphatic carboxylic acids is 1. The van der Waals surface area contributed by atoms with E-state index in [1.54, 1.807) is 0 Å². The first kappa shape index (κ1) is 15.8. The highest BCUT2D eigenvalue weighted by Crippen LogP contribution is 2.45. The maximum atomic E-state index is 14.3. The molecule has 1 aliphatic carbocycles. The minimum absolute atomic E-state index is 0.0868. The highest BCUT2D eigenvalue weighted by molar-refractivity contribution is 5.83. The van der Waals surface area contributed by atoms with Gasteiger partial charge >= 0.3 is 5.97 Å². The van der Waals surface area contributed by atoms with E-state index in [0.717, 1.165) is 24.8 Å². The summed E-state index contributed by atoms with van der Waals surface area (Å²) >= 11 is 0. The highest BCUT2D eigenvalue weighted by Gasteiger charge is 2.44. The van der Waals surface area contributed by atoms with E-state index < -0.39 is 17.2 Å².